The lowest BCUT2D eigenvalue weighted by Crippen LogP contribution is -2.24. The summed E-state index contributed by atoms with van der Waals surface area (Å²) in [5, 5.41) is 0.481. The maximum absolute atomic E-state index is 12.9. The van der Waals surface area contributed by atoms with Crippen molar-refractivity contribution < 1.29 is 21.6 Å². The highest BCUT2D eigenvalue weighted by atomic mass is 35.5. The number of rotatable bonds is 7. The van der Waals surface area contributed by atoms with Crippen LogP contribution in [-0.4, -0.2) is 29.3 Å². The molecule has 1 fully saturated rings. The van der Waals surface area contributed by atoms with Crippen LogP contribution in [0.25, 0.3) is 0 Å². The average molecular weight is 520 g/mol. The van der Waals surface area contributed by atoms with Crippen molar-refractivity contribution in [2.45, 2.75) is 29.6 Å². The number of nitrogens with one attached hydrogen (secondary N) is 2. The van der Waals surface area contributed by atoms with Gasteiger partial charge in [0.15, 0.2) is 0 Å². The number of benzene rings is 3. The van der Waals surface area contributed by atoms with Gasteiger partial charge in [-0.1, -0.05) is 11.6 Å². The lowest BCUT2D eigenvalue weighted by molar-refractivity contribution is -0.117. The Balaban J connectivity index is 1.49. The molecule has 8 nitrogen and oxygen atoms in total. The third-order valence-corrected chi connectivity index (χ3v) is 8.38. The molecular weight excluding hydrogens is 498 g/mol. The second kappa shape index (κ2) is 9.28. The first-order chi connectivity index (χ1) is 16.0. The van der Waals surface area contributed by atoms with Gasteiger partial charge in [-0.25, -0.2) is 16.8 Å². The molecule has 0 bridgehead atoms. The van der Waals surface area contributed by atoms with Crippen molar-refractivity contribution in [1.29, 1.82) is 0 Å². The molecule has 0 saturated carbocycles. The van der Waals surface area contributed by atoms with Gasteiger partial charge in [0.2, 0.25) is 5.91 Å². The van der Waals surface area contributed by atoms with Crippen molar-refractivity contribution >= 4 is 54.6 Å². The number of halogens is 1. The molecule has 3 aromatic rings. The number of carbonyl (C=O) groups excluding carboxylic acids is 1. The minimum atomic E-state index is -3.92. The summed E-state index contributed by atoms with van der Waals surface area (Å²) in [4.78, 5) is 13.7. The topological polar surface area (TPSA) is 113 Å². The Hall–Kier alpha value is -3.08. The lowest BCUT2D eigenvalue weighted by atomic mass is 10.2. The third kappa shape index (κ3) is 5.19. The summed E-state index contributed by atoms with van der Waals surface area (Å²) in [7, 11) is -7.79. The van der Waals surface area contributed by atoms with Crippen LogP contribution < -0.4 is 14.3 Å². The van der Waals surface area contributed by atoms with Crippen LogP contribution in [0.1, 0.15) is 18.4 Å². The van der Waals surface area contributed by atoms with Crippen LogP contribution in [0.3, 0.4) is 0 Å². The normalized spacial score (nSPS) is 14.3. The first-order valence-electron chi connectivity index (χ1n) is 10.4. The van der Waals surface area contributed by atoms with E-state index >= 15 is 0 Å². The van der Waals surface area contributed by atoms with Crippen molar-refractivity contribution in [3.63, 3.8) is 0 Å². The van der Waals surface area contributed by atoms with E-state index in [1.54, 1.807) is 30.0 Å². The van der Waals surface area contributed by atoms with Gasteiger partial charge in [0.05, 0.1) is 9.79 Å². The first-order valence-corrected chi connectivity index (χ1v) is 13.7. The summed E-state index contributed by atoms with van der Waals surface area (Å²) in [6.45, 7) is 2.37. The zero-order chi connectivity index (χ0) is 24.5. The highest BCUT2D eigenvalue weighted by Gasteiger charge is 2.24. The SMILES string of the molecule is Cc1cc(S(=O)(=O)Nc2ccc(S(=O)(=O)Nc3ccc(Cl)cc3)cc2)ccc1N1CCCC1=O. The number of sulfonamides is 2. The summed E-state index contributed by atoms with van der Waals surface area (Å²) in [6, 6.07) is 16.2. The summed E-state index contributed by atoms with van der Waals surface area (Å²) in [5.74, 6) is 0.0254. The molecule has 0 aliphatic carbocycles. The van der Waals surface area contributed by atoms with Crippen LogP contribution in [0.5, 0.6) is 0 Å². The van der Waals surface area contributed by atoms with Gasteiger partial charge >= 0.3 is 0 Å². The highest BCUT2D eigenvalue weighted by Crippen LogP contribution is 2.28. The van der Waals surface area contributed by atoms with E-state index in [1.165, 1.54) is 48.5 Å². The molecular formula is C23H22ClN3O5S2. The van der Waals surface area contributed by atoms with Crippen molar-refractivity contribution in [3.8, 4) is 0 Å². The van der Waals surface area contributed by atoms with Crippen LogP contribution in [-0.2, 0) is 24.8 Å². The van der Waals surface area contributed by atoms with E-state index in [2.05, 4.69) is 9.44 Å². The molecule has 178 valence electrons. The predicted octanol–water partition coefficient (Wildman–Crippen LogP) is 4.38. The Kier molecular flexibility index (Phi) is 6.57. The monoisotopic (exact) mass is 519 g/mol. The number of anilines is 3. The predicted molar refractivity (Wildman–Crippen MR) is 132 cm³/mol. The fourth-order valence-electron chi connectivity index (χ4n) is 3.65. The molecule has 0 atom stereocenters. The lowest BCUT2D eigenvalue weighted by Gasteiger charge is -2.19. The molecule has 0 radical (unpaired) electrons. The van der Waals surface area contributed by atoms with Crippen LogP contribution >= 0.6 is 11.6 Å². The molecule has 4 rings (SSSR count). The Morgan fingerprint density at radius 3 is 1.85 bits per heavy atom. The number of hydrogen-bond acceptors (Lipinski definition) is 5. The van der Waals surface area contributed by atoms with Crippen LogP contribution in [0.15, 0.2) is 76.5 Å². The van der Waals surface area contributed by atoms with Gasteiger partial charge in [0.25, 0.3) is 20.0 Å². The van der Waals surface area contributed by atoms with E-state index in [1.807, 2.05) is 0 Å². The molecule has 1 aliphatic heterocycles. The molecule has 11 heteroatoms. The Labute approximate surface area is 203 Å². The van der Waals surface area contributed by atoms with E-state index in [0.29, 0.717) is 34.9 Å². The Morgan fingerprint density at radius 1 is 0.794 bits per heavy atom. The summed E-state index contributed by atoms with van der Waals surface area (Å²) >= 11 is 5.82. The number of amides is 1. The van der Waals surface area contributed by atoms with Crippen molar-refractivity contribution in [3.05, 3.63) is 77.3 Å². The molecule has 0 spiro atoms. The summed E-state index contributed by atoms with van der Waals surface area (Å²) < 4.78 is 55.8. The Bertz CT molecular complexity index is 1440. The molecule has 2 N–H and O–H groups in total. The number of nitrogens with zero attached hydrogens (tertiary/aromatic N) is 1. The maximum atomic E-state index is 12.9. The van der Waals surface area contributed by atoms with E-state index in [0.717, 1.165) is 6.42 Å². The quantitative estimate of drug-likeness (QED) is 0.481. The van der Waals surface area contributed by atoms with Crippen LogP contribution in [0, 0.1) is 6.92 Å². The standard InChI is InChI=1S/C23H22ClN3O5S2/c1-16-15-21(12-13-22(16)27-14-2-3-23(27)28)34(31,32)26-19-8-10-20(11-9-19)33(29,30)25-18-6-4-17(24)5-7-18/h4-13,15,25-26H,2-3,14H2,1H3. The maximum Gasteiger partial charge on any atom is 0.261 e. The molecule has 3 aromatic carbocycles. The van der Waals surface area contributed by atoms with Crippen molar-refractivity contribution in [2.24, 2.45) is 0 Å². The fourth-order valence-corrected chi connectivity index (χ4v) is 5.98. The number of carbonyl (C=O) groups is 1. The zero-order valence-corrected chi connectivity index (χ0v) is 20.5. The fraction of sp³-hybridized carbons (Fsp3) is 0.174. The smallest absolute Gasteiger partial charge is 0.261 e. The highest BCUT2D eigenvalue weighted by molar-refractivity contribution is 7.93. The summed E-state index contributed by atoms with van der Waals surface area (Å²) in [6.07, 6.45) is 1.27. The minimum Gasteiger partial charge on any atom is -0.312 e. The molecule has 1 amide bonds. The average Bonchev–Trinajstić information content (AvgIpc) is 3.21. The molecule has 1 heterocycles. The van der Waals surface area contributed by atoms with E-state index in [9.17, 15) is 21.6 Å². The second-order valence-electron chi connectivity index (χ2n) is 7.84. The molecule has 1 aliphatic rings. The molecule has 0 unspecified atom stereocenters. The third-order valence-electron chi connectivity index (χ3n) is 5.36. The first kappa shape index (κ1) is 24.1. The van der Waals surface area contributed by atoms with Gasteiger partial charge < -0.3 is 4.90 Å². The summed E-state index contributed by atoms with van der Waals surface area (Å²) in [5.41, 5.74) is 1.93. The molecule has 34 heavy (non-hydrogen) atoms. The molecule has 1 saturated heterocycles. The van der Waals surface area contributed by atoms with Gasteiger partial charge in [-0.15, -0.1) is 0 Å². The van der Waals surface area contributed by atoms with Crippen LogP contribution in [0.2, 0.25) is 5.02 Å². The Morgan fingerprint density at radius 2 is 1.32 bits per heavy atom. The molecule has 0 aromatic heterocycles. The number of hydrogen-bond donors (Lipinski definition) is 2. The van der Waals surface area contributed by atoms with E-state index in [-0.39, 0.29) is 21.4 Å². The number of aryl methyl sites for hydroxylation is 1. The minimum absolute atomic E-state index is 0.0254. The van der Waals surface area contributed by atoms with Gasteiger partial charge in [-0.3, -0.25) is 14.2 Å². The second-order valence-corrected chi connectivity index (χ2v) is 11.6. The largest absolute Gasteiger partial charge is 0.312 e. The van der Waals surface area contributed by atoms with Gasteiger partial charge in [-0.05, 0) is 85.6 Å². The van der Waals surface area contributed by atoms with Crippen LogP contribution in [0.4, 0.5) is 17.1 Å². The van der Waals surface area contributed by atoms with Gasteiger partial charge in [0, 0.05) is 35.1 Å². The van der Waals surface area contributed by atoms with E-state index in [4.69, 9.17) is 11.6 Å². The van der Waals surface area contributed by atoms with Crippen molar-refractivity contribution in [1.82, 2.24) is 0 Å². The van der Waals surface area contributed by atoms with Gasteiger partial charge in [-0.2, -0.15) is 0 Å². The van der Waals surface area contributed by atoms with E-state index < -0.39 is 20.0 Å². The van der Waals surface area contributed by atoms with Gasteiger partial charge in [0.1, 0.15) is 0 Å². The zero-order valence-electron chi connectivity index (χ0n) is 18.2. The van der Waals surface area contributed by atoms with Crippen molar-refractivity contribution in [2.75, 3.05) is 20.9 Å².